The van der Waals surface area contributed by atoms with Gasteiger partial charge in [0.2, 0.25) is 0 Å². The fourth-order valence-corrected chi connectivity index (χ4v) is 3.46. The SMILES string of the molecule is CCN(C(=O)O)n1c(C)nc(N2CCc3ccccc3CC2)c(C#N)c1=O. The van der Waals surface area contributed by atoms with Crippen LogP contribution in [0.4, 0.5) is 10.6 Å². The van der Waals surface area contributed by atoms with E-state index in [2.05, 4.69) is 17.1 Å². The zero-order valence-corrected chi connectivity index (χ0v) is 15.3. The summed E-state index contributed by atoms with van der Waals surface area (Å²) in [4.78, 5) is 30.7. The molecule has 140 valence electrons. The van der Waals surface area contributed by atoms with E-state index in [-0.39, 0.29) is 17.9 Å². The summed E-state index contributed by atoms with van der Waals surface area (Å²) in [5.74, 6) is 0.561. The molecule has 1 aromatic heterocycles. The Hall–Kier alpha value is -3.34. The van der Waals surface area contributed by atoms with Crippen LogP contribution in [0.2, 0.25) is 0 Å². The number of benzene rings is 1. The number of anilines is 1. The van der Waals surface area contributed by atoms with Gasteiger partial charge in [-0.15, -0.1) is 0 Å². The zero-order valence-electron chi connectivity index (χ0n) is 15.3. The van der Waals surface area contributed by atoms with E-state index in [9.17, 15) is 20.0 Å². The van der Waals surface area contributed by atoms with Crippen LogP contribution in [0.1, 0.15) is 29.4 Å². The van der Waals surface area contributed by atoms with Crippen molar-refractivity contribution in [1.82, 2.24) is 9.66 Å². The highest BCUT2D eigenvalue weighted by Gasteiger charge is 2.25. The Morgan fingerprint density at radius 2 is 1.89 bits per heavy atom. The Morgan fingerprint density at radius 1 is 1.30 bits per heavy atom. The molecule has 2 aromatic rings. The van der Waals surface area contributed by atoms with Gasteiger partial charge < -0.3 is 10.0 Å². The van der Waals surface area contributed by atoms with Gasteiger partial charge in [-0.3, -0.25) is 4.79 Å². The predicted molar refractivity (Wildman–Crippen MR) is 101 cm³/mol. The lowest BCUT2D eigenvalue weighted by Crippen LogP contribution is -2.48. The van der Waals surface area contributed by atoms with Gasteiger partial charge in [-0.25, -0.2) is 14.8 Å². The minimum Gasteiger partial charge on any atom is -0.464 e. The molecule has 0 aliphatic carbocycles. The van der Waals surface area contributed by atoms with Crippen LogP contribution in [0.3, 0.4) is 0 Å². The average molecular weight is 367 g/mol. The molecule has 2 heterocycles. The van der Waals surface area contributed by atoms with Crippen LogP contribution >= 0.6 is 0 Å². The van der Waals surface area contributed by atoms with Gasteiger partial charge in [0.15, 0.2) is 11.4 Å². The number of carboxylic acid groups (broad SMARTS) is 1. The van der Waals surface area contributed by atoms with Gasteiger partial charge in [-0.2, -0.15) is 9.94 Å². The lowest BCUT2D eigenvalue weighted by Gasteiger charge is -2.26. The second-order valence-corrected chi connectivity index (χ2v) is 6.34. The minimum absolute atomic E-state index is 0.0704. The van der Waals surface area contributed by atoms with E-state index in [0.29, 0.717) is 18.9 Å². The molecule has 1 aromatic carbocycles. The largest absolute Gasteiger partial charge is 0.464 e. The number of aromatic nitrogens is 2. The van der Waals surface area contributed by atoms with Gasteiger partial charge >= 0.3 is 6.09 Å². The van der Waals surface area contributed by atoms with Crippen molar-refractivity contribution in [1.29, 1.82) is 5.26 Å². The summed E-state index contributed by atoms with van der Waals surface area (Å²) in [5.41, 5.74) is 1.72. The number of fused-ring (bicyclic) bond motifs is 1. The topological polar surface area (TPSA) is 102 Å². The minimum atomic E-state index is -1.27. The van der Waals surface area contributed by atoms with E-state index in [1.807, 2.05) is 23.1 Å². The molecule has 0 spiro atoms. The summed E-state index contributed by atoms with van der Waals surface area (Å²) in [6, 6.07) is 10.1. The monoisotopic (exact) mass is 367 g/mol. The number of nitriles is 1. The van der Waals surface area contributed by atoms with Crippen molar-refractivity contribution >= 4 is 11.9 Å². The molecule has 1 aliphatic heterocycles. The Morgan fingerprint density at radius 3 is 2.37 bits per heavy atom. The van der Waals surface area contributed by atoms with Crippen LogP contribution in [0.5, 0.6) is 0 Å². The van der Waals surface area contributed by atoms with Crippen molar-refractivity contribution in [3.63, 3.8) is 0 Å². The molecule has 1 amide bonds. The van der Waals surface area contributed by atoms with E-state index in [1.54, 1.807) is 13.8 Å². The van der Waals surface area contributed by atoms with Crippen molar-refractivity contribution < 1.29 is 9.90 Å². The van der Waals surface area contributed by atoms with Gasteiger partial charge in [0, 0.05) is 19.6 Å². The number of amides is 1. The van der Waals surface area contributed by atoms with Crippen molar-refractivity contribution in [3.05, 3.63) is 57.1 Å². The first-order valence-corrected chi connectivity index (χ1v) is 8.84. The molecule has 8 heteroatoms. The van der Waals surface area contributed by atoms with Crippen LogP contribution in [0.15, 0.2) is 29.1 Å². The maximum absolute atomic E-state index is 12.9. The summed E-state index contributed by atoms with van der Waals surface area (Å²) < 4.78 is 0.955. The van der Waals surface area contributed by atoms with Crippen LogP contribution in [-0.2, 0) is 12.8 Å². The van der Waals surface area contributed by atoms with Gasteiger partial charge in [0.05, 0.1) is 0 Å². The zero-order chi connectivity index (χ0) is 19.6. The maximum Gasteiger partial charge on any atom is 0.426 e. The Kier molecular flexibility index (Phi) is 5.12. The highest BCUT2D eigenvalue weighted by molar-refractivity contribution is 5.76. The Labute approximate surface area is 156 Å². The third-order valence-electron chi connectivity index (χ3n) is 4.80. The van der Waals surface area contributed by atoms with E-state index in [0.717, 1.165) is 22.5 Å². The molecule has 1 N–H and O–H groups in total. The molecule has 0 radical (unpaired) electrons. The highest BCUT2D eigenvalue weighted by atomic mass is 16.4. The molecule has 0 fully saturated rings. The lowest BCUT2D eigenvalue weighted by atomic mass is 10.0. The number of rotatable bonds is 3. The first-order chi connectivity index (χ1) is 13.0. The maximum atomic E-state index is 12.9. The summed E-state index contributed by atoms with van der Waals surface area (Å²) in [6.07, 6.45) is 0.314. The van der Waals surface area contributed by atoms with E-state index in [4.69, 9.17) is 0 Å². The van der Waals surface area contributed by atoms with Crippen molar-refractivity contribution in [2.45, 2.75) is 26.7 Å². The molecule has 0 unspecified atom stereocenters. The van der Waals surface area contributed by atoms with Crippen LogP contribution in [-0.4, -0.2) is 40.5 Å². The van der Waals surface area contributed by atoms with Crippen molar-refractivity contribution in [2.24, 2.45) is 0 Å². The van der Waals surface area contributed by atoms with Crippen LogP contribution in [0.25, 0.3) is 0 Å². The fourth-order valence-electron chi connectivity index (χ4n) is 3.46. The fraction of sp³-hybridized carbons (Fsp3) is 0.368. The number of carbonyl (C=O) groups is 1. The smallest absolute Gasteiger partial charge is 0.426 e. The van der Waals surface area contributed by atoms with Crippen LogP contribution in [0, 0.1) is 18.3 Å². The van der Waals surface area contributed by atoms with Gasteiger partial charge in [0.25, 0.3) is 5.56 Å². The molecule has 0 bridgehead atoms. The summed E-state index contributed by atoms with van der Waals surface area (Å²) in [6.45, 7) is 4.53. The standard InChI is InChI=1S/C19H21N5O3/c1-3-23(19(26)27)24-13(2)21-17(16(12-20)18(24)25)22-10-8-14-6-4-5-7-15(14)9-11-22/h4-7H,3,8-11H2,1-2H3,(H,26,27). The Bertz CT molecular complexity index is 949. The summed E-state index contributed by atoms with van der Waals surface area (Å²) in [5, 5.41) is 19.8. The van der Waals surface area contributed by atoms with Gasteiger partial charge in [-0.05, 0) is 37.8 Å². The molecule has 0 saturated heterocycles. The number of hydrogen-bond acceptors (Lipinski definition) is 5. The third kappa shape index (κ3) is 3.36. The second kappa shape index (κ2) is 7.50. The van der Waals surface area contributed by atoms with E-state index < -0.39 is 11.7 Å². The van der Waals surface area contributed by atoms with Gasteiger partial charge in [-0.1, -0.05) is 24.3 Å². The highest BCUT2D eigenvalue weighted by Crippen LogP contribution is 2.21. The second-order valence-electron chi connectivity index (χ2n) is 6.34. The molecular weight excluding hydrogens is 346 g/mol. The van der Waals surface area contributed by atoms with Crippen molar-refractivity contribution in [3.8, 4) is 6.07 Å². The number of aryl methyl sites for hydroxylation is 1. The molecular formula is C19H21N5O3. The quantitative estimate of drug-likeness (QED) is 0.885. The van der Waals surface area contributed by atoms with E-state index >= 15 is 0 Å². The van der Waals surface area contributed by atoms with Gasteiger partial charge in [0.1, 0.15) is 11.9 Å². The molecule has 0 saturated carbocycles. The number of hydrogen-bond donors (Lipinski definition) is 1. The molecule has 1 aliphatic rings. The van der Waals surface area contributed by atoms with E-state index in [1.165, 1.54) is 11.1 Å². The molecule has 0 atom stereocenters. The first-order valence-electron chi connectivity index (χ1n) is 8.84. The predicted octanol–water partition coefficient (Wildman–Crippen LogP) is 1.66. The summed E-state index contributed by atoms with van der Waals surface area (Å²) in [7, 11) is 0. The molecule has 27 heavy (non-hydrogen) atoms. The molecule has 3 rings (SSSR count). The lowest BCUT2D eigenvalue weighted by molar-refractivity contribution is 0.194. The van der Waals surface area contributed by atoms with Crippen LogP contribution < -0.4 is 15.5 Å². The average Bonchev–Trinajstić information content (AvgIpc) is 2.87. The normalized spacial score (nSPS) is 13.4. The van der Waals surface area contributed by atoms with Crippen molar-refractivity contribution in [2.75, 3.05) is 29.5 Å². The molecule has 8 nitrogen and oxygen atoms in total. The summed E-state index contributed by atoms with van der Waals surface area (Å²) >= 11 is 0. The Balaban J connectivity index is 2.04. The third-order valence-corrected chi connectivity index (χ3v) is 4.80. The number of nitrogens with zero attached hydrogens (tertiary/aromatic N) is 5. The first kappa shape index (κ1) is 18.5.